The Bertz CT molecular complexity index is 667. The van der Waals surface area contributed by atoms with Gasteiger partial charge in [-0.2, -0.15) is 5.10 Å². The molecule has 0 saturated heterocycles. The third-order valence-corrected chi connectivity index (χ3v) is 3.03. The average molecular weight is 302 g/mol. The molecule has 2 aromatic rings. The number of primary amides is 1. The summed E-state index contributed by atoms with van der Waals surface area (Å²) < 4.78 is 6.67. The predicted molar refractivity (Wildman–Crippen MR) is 79.8 cm³/mol. The van der Waals surface area contributed by atoms with Gasteiger partial charge in [0.2, 0.25) is 5.91 Å². The molecule has 1 unspecified atom stereocenters. The molecular weight excluding hydrogens is 284 g/mol. The quantitative estimate of drug-likeness (QED) is 0.767. The summed E-state index contributed by atoms with van der Waals surface area (Å²) in [5.74, 6) is -0.882. The van der Waals surface area contributed by atoms with Gasteiger partial charge in [0.25, 0.3) is 0 Å². The van der Waals surface area contributed by atoms with Crippen molar-refractivity contribution in [1.29, 1.82) is 0 Å². The van der Waals surface area contributed by atoms with Crippen molar-refractivity contribution in [3.05, 3.63) is 47.8 Å². The molecule has 4 N–H and O–H groups in total. The van der Waals surface area contributed by atoms with Gasteiger partial charge in [-0.15, -0.1) is 0 Å². The molecule has 0 fully saturated rings. The lowest BCUT2D eigenvalue weighted by Crippen LogP contribution is -2.21. The van der Waals surface area contributed by atoms with Crippen LogP contribution in [0.1, 0.15) is 30.8 Å². The molecule has 0 aliphatic rings. The van der Waals surface area contributed by atoms with Gasteiger partial charge in [0.1, 0.15) is 6.61 Å². The number of nitrogens with zero attached hydrogens (tertiary/aromatic N) is 2. The minimum Gasteiger partial charge on any atom is -0.459 e. The fraction of sp³-hybridized carbons (Fsp3) is 0.267. The van der Waals surface area contributed by atoms with Crippen LogP contribution in [0.3, 0.4) is 0 Å². The van der Waals surface area contributed by atoms with Crippen LogP contribution in [-0.4, -0.2) is 21.7 Å². The Labute approximate surface area is 127 Å². The van der Waals surface area contributed by atoms with E-state index in [1.54, 1.807) is 10.7 Å². The molecule has 116 valence electrons. The molecule has 22 heavy (non-hydrogen) atoms. The molecule has 0 spiro atoms. The number of amides is 1. The molecule has 7 nitrogen and oxygen atoms in total. The summed E-state index contributed by atoms with van der Waals surface area (Å²) in [5.41, 5.74) is 13.1. The fourth-order valence-electron chi connectivity index (χ4n) is 2.01. The maximum Gasteiger partial charge on any atom is 0.303 e. The second kappa shape index (κ2) is 6.86. The molecule has 1 heterocycles. The van der Waals surface area contributed by atoms with Crippen molar-refractivity contribution in [1.82, 2.24) is 9.78 Å². The maximum atomic E-state index is 11.0. The topological polar surface area (TPSA) is 113 Å². The van der Waals surface area contributed by atoms with Crippen molar-refractivity contribution >= 4 is 11.9 Å². The number of benzene rings is 1. The summed E-state index contributed by atoms with van der Waals surface area (Å²) in [7, 11) is 0. The van der Waals surface area contributed by atoms with Crippen LogP contribution >= 0.6 is 0 Å². The molecule has 1 aromatic heterocycles. The number of carbonyl (C=O) groups excluding carboxylic acids is 2. The second-order valence-electron chi connectivity index (χ2n) is 4.87. The zero-order valence-electron chi connectivity index (χ0n) is 12.2. The van der Waals surface area contributed by atoms with E-state index in [9.17, 15) is 9.59 Å². The SMILES string of the molecule is CC(=O)OCc1cc(C(N)CC(N)=O)nn1-c1ccccc1. The van der Waals surface area contributed by atoms with Crippen LogP contribution in [0.15, 0.2) is 36.4 Å². The third kappa shape index (κ3) is 3.92. The van der Waals surface area contributed by atoms with Crippen molar-refractivity contribution in [2.45, 2.75) is 26.0 Å². The van der Waals surface area contributed by atoms with E-state index in [0.717, 1.165) is 5.69 Å². The monoisotopic (exact) mass is 302 g/mol. The molecule has 0 saturated carbocycles. The number of hydrogen-bond acceptors (Lipinski definition) is 5. The molecule has 7 heteroatoms. The number of para-hydroxylation sites is 1. The van der Waals surface area contributed by atoms with Gasteiger partial charge < -0.3 is 16.2 Å². The van der Waals surface area contributed by atoms with E-state index in [0.29, 0.717) is 11.4 Å². The molecule has 0 bridgehead atoms. The lowest BCUT2D eigenvalue weighted by Gasteiger charge is -2.07. The summed E-state index contributed by atoms with van der Waals surface area (Å²) in [6, 6.07) is 10.5. The number of ether oxygens (including phenoxy) is 1. The van der Waals surface area contributed by atoms with Gasteiger partial charge in [-0.1, -0.05) is 18.2 Å². The highest BCUT2D eigenvalue weighted by Gasteiger charge is 2.17. The van der Waals surface area contributed by atoms with Gasteiger partial charge in [-0.05, 0) is 18.2 Å². The van der Waals surface area contributed by atoms with E-state index >= 15 is 0 Å². The first-order chi connectivity index (χ1) is 10.5. The van der Waals surface area contributed by atoms with Gasteiger partial charge in [-0.3, -0.25) is 9.59 Å². The summed E-state index contributed by atoms with van der Waals surface area (Å²) in [6.45, 7) is 1.41. The van der Waals surface area contributed by atoms with E-state index in [-0.39, 0.29) is 19.0 Å². The first-order valence-corrected chi connectivity index (χ1v) is 6.79. The van der Waals surface area contributed by atoms with Crippen molar-refractivity contribution in [2.75, 3.05) is 0 Å². The van der Waals surface area contributed by atoms with Crippen molar-refractivity contribution < 1.29 is 14.3 Å². The molecule has 1 amide bonds. The average Bonchev–Trinajstić information content (AvgIpc) is 2.89. The van der Waals surface area contributed by atoms with Crippen LogP contribution in [0.4, 0.5) is 0 Å². The van der Waals surface area contributed by atoms with Gasteiger partial charge in [0.15, 0.2) is 0 Å². The molecule has 0 radical (unpaired) electrons. The molecule has 1 atom stereocenters. The first-order valence-electron chi connectivity index (χ1n) is 6.79. The Hall–Kier alpha value is -2.67. The highest BCUT2D eigenvalue weighted by Crippen LogP contribution is 2.19. The Morgan fingerprint density at radius 1 is 1.32 bits per heavy atom. The Balaban J connectivity index is 2.34. The molecule has 2 rings (SSSR count). The van der Waals surface area contributed by atoms with Crippen LogP contribution in [0.25, 0.3) is 5.69 Å². The molecule has 0 aliphatic heterocycles. The Kier molecular flexibility index (Phi) is 4.90. The highest BCUT2D eigenvalue weighted by molar-refractivity contribution is 5.74. The number of rotatable bonds is 6. The minimum absolute atomic E-state index is 0.00118. The lowest BCUT2D eigenvalue weighted by atomic mass is 10.1. The van der Waals surface area contributed by atoms with Crippen LogP contribution in [0.5, 0.6) is 0 Å². The lowest BCUT2D eigenvalue weighted by molar-refractivity contribution is -0.142. The van der Waals surface area contributed by atoms with Crippen molar-refractivity contribution in [2.24, 2.45) is 11.5 Å². The number of nitrogens with two attached hydrogens (primary N) is 2. The summed E-state index contributed by atoms with van der Waals surface area (Å²) in [6.07, 6.45) is -0.00118. The first kappa shape index (κ1) is 15.7. The van der Waals surface area contributed by atoms with Crippen LogP contribution in [-0.2, 0) is 20.9 Å². The smallest absolute Gasteiger partial charge is 0.303 e. The normalized spacial score (nSPS) is 11.9. The number of esters is 1. The number of carbonyl (C=O) groups is 2. The third-order valence-electron chi connectivity index (χ3n) is 3.03. The predicted octanol–water partition coefficient (Wildman–Crippen LogP) is 0.811. The molecule has 1 aromatic carbocycles. The van der Waals surface area contributed by atoms with Gasteiger partial charge >= 0.3 is 5.97 Å². The summed E-state index contributed by atoms with van der Waals surface area (Å²) >= 11 is 0. The van der Waals surface area contributed by atoms with E-state index in [2.05, 4.69) is 5.10 Å². The highest BCUT2D eigenvalue weighted by atomic mass is 16.5. The molecular formula is C15H18N4O3. The standard InChI is InChI=1S/C15H18N4O3/c1-10(20)22-9-12-7-14(13(16)8-15(17)21)18-19(12)11-5-3-2-4-6-11/h2-7,13H,8-9,16H2,1H3,(H2,17,21). The van der Waals surface area contributed by atoms with Gasteiger partial charge in [-0.25, -0.2) is 4.68 Å². The zero-order valence-corrected chi connectivity index (χ0v) is 12.2. The number of hydrogen-bond donors (Lipinski definition) is 2. The van der Waals surface area contributed by atoms with Gasteiger partial charge in [0, 0.05) is 13.3 Å². The van der Waals surface area contributed by atoms with E-state index in [1.807, 2.05) is 30.3 Å². The second-order valence-corrected chi connectivity index (χ2v) is 4.87. The van der Waals surface area contributed by atoms with Crippen molar-refractivity contribution in [3.63, 3.8) is 0 Å². The Morgan fingerprint density at radius 3 is 2.59 bits per heavy atom. The van der Waals surface area contributed by atoms with Crippen LogP contribution in [0.2, 0.25) is 0 Å². The minimum atomic E-state index is -0.599. The fourth-order valence-corrected chi connectivity index (χ4v) is 2.01. The Morgan fingerprint density at radius 2 is 2.00 bits per heavy atom. The van der Waals surface area contributed by atoms with E-state index in [4.69, 9.17) is 16.2 Å². The largest absolute Gasteiger partial charge is 0.459 e. The van der Waals surface area contributed by atoms with E-state index < -0.39 is 11.9 Å². The van der Waals surface area contributed by atoms with E-state index in [1.165, 1.54) is 6.92 Å². The van der Waals surface area contributed by atoms with Crippen molar-refractivity contribution in [3.8, 4) is 5.69 Å². The summed E-state index contributed by atoms with van der Waals surface area (Å²) in [5, 5.41) is 4.40. The zero-order chi connectivity index (χ0) is 16.1. The number of aromatic nitrogens is 2. The maximum absolute atomic E-state index is 11.0. The molecule has 0 aliphatic carbocycles. The van der Waals surface area contributed by atoms with Gasteiger partial charge in [0.05, 0.1) is 23.1 Å². The van der Waals surface area contributed by atoms with Crippen LogP contribution in [0, 0.1) is 0 Å². The summed E-state index contributed by atoms with van der Waals surface area (Å²) in [4.78, 5) is 22.0. The van der Waals surface area contributed by atoms with Crippen LogP contribution < -0.4 is 11.5 Å².